The van der Waals surface area contributed by atoms with Gasteiger partial charge in [-0.15, -0.1) is 0 Å². The molecule has 0 aliphatic carbocycles. The van der Waals surface area contributed by atoms with Gasteiger partial charge in [0.1, 0.15) is 5.82 Å². The first-order valence-electron chi connectivity index (χ1n) is 8.13. The van der Waals surface area contributed by atoms with Gasteiger partial charge < -0.3 is 10.2 Å². The van der Waals surface area contributed by atoms with E-state index in [-0.39, 0.29) is 0 Å². The topological polar surface area (TPSA) is 28.2 Å². The predicted octanol–water partition coefficient (Wildman–Crippen LogP) is 3.60. The molecular weight excluding hydrogens is 246 g/mol. The maximum Gasteiger partial charge on any atom is 0.133 e. The number of piperidine rings is 1. The van der Waals surface area contributed by atoms with E-state index in [0.717, 1.165) is 19.6 Å². The molecule has 1 N–H and O–H groups in total. The zero-order chi connectivity index (χ0) is 14.4. The van der Waals surface area contributed by atoms with Crippen molar-refractivity contribution in [2.45, 2.75) is 59.0 Å². The van der Waals surface area contributed by atoms with Crippen molar-refractivity contribution < 1.29 is 0 Å². The van der Waals surface area contributed by atoms with Crippen LogP contribution in [0.15, 0.2) is 18.3 Å². The molecule has 3 heteroatoms. The van der Waals surface area contributed by atoms with E-state index in [0.29, 0.717) is 12.0 Å². The first-order chi connectivity index (χ1) is 9.72. The average molecular weight is 275 g/mol. The van der Waals surface area contributed by atoms with Gasteiger partial charge in [-0.25, -0.2) is 4.98 Å². The number of pyridine rings is 1. The molecule has 0 amide bonds. The summed E-state index contributed by atoms with van der Waals surface area (Å²) >= 11 is 0. The minimum Gasteiger partial charge on any atom is -0.353 e. The highest BCUT2D eigenvalue weighted by molar-refractivity contribution is 5.48. The van der Waals surface area contributed by atoms with Gasteiger partial charge in [0.25, 0.3) is 0 Å². The first-order valence-corrected chi connectivity index (χ1v) is 8.13. The summed E-state index contributed by atoms with van der Waals surface area (Å²) in [6.45, 7) is 9.93. The number of nitrogens with zero attached hydrogens (tertiary/aromatic N) is 2. The summed E-state index contributed by atoms with van der Waals surface area (Å²) in [6.07, 6.45) is 7.12. The van der Waals surface area contributed by atoms with E-state index in [4.69, 9.17) is 0 Å². The Morgan fingerprint density at radius 2 is 2.25 bits per heavy atom. The van der Waals surface area contributed by atoms with Crippen molar-refractivity contribution in [3.63, 3.8) is 0 Å². The molecule has 3 nitrogen and oxygen atoms in total. The summed E-state index contributed by atoms with van der Waals surface area (Å²) in [5, 5.41) is 3.55. The predicted molar refractivity (Wildman–Crippen MR) is 86.1 cm³/mol. The molecule has 2 heterocycles. The van der Waals surface area contributed by atoms with E-state index >= 15 is 0 Å². The minimum atomic E-state index is 0.669. The number of anilines is 1. The Kier molecular flexibility index (Phi) is 5.84. The highest BCUT2D eigenvalue weighted by Gasteiger charge is 2.23. The molecule has 112 valence electrons. The maximum atomic E-state index is 4.68. The largest absolute Gasteiger partial charge is 0.353 e. The Balaban J connectivity index is 2.09. The smallest absolute Gasteiger partial charge is 0.133 e. The number of hydrogen-bond donors (Lipinski definition) is 1. The number of nitrogens with one attached hydrogen (secondary N) is 1. The van der Waals surface area contributed by atoms with Gasteiger partial charge in [-0.1, -0.05) is 26.8 Å². The van der Waals surface area contributed by atoms with Crippen LogP contribution in [0.5, 0.6) is 0 Å². The summed E-state index contributed by atoms with van der Waals surface area (Å²) in [4.78, 5) is 7.22. The monoisotopic (exact) mass is 275 g/mol. The van der Waals surface area contributed by atoms with Crippen molar-refractivity contribution in [2.24, 2.45) is 5.92 Å². The number of aromatic nitrogens is 1. The lowest BCUT2D eigenvalue weighted by Crippen LogP contribution is -2.40. The Bertz CT molecular complexity index is 403. The molecule has 0 aromatic carbocycles. The lowest BCUT2D eigenvalue weighted by molar-refractivity contribution is 0.445. The SMILES string of the molecule is CCC1CCCCN1c1ncccc1CNCC(C)C. The fourth-order valence-electron chi connectivity index (χ4n) is 3.03. The molecule has 1 aromatic rings. The van der Waals surface area contributed by atoms with Gasteiger partial charge in [0.15, 0.2) is 0 Å². The summed E-state index contributed by atoms with van der Waals surface area (Å²) < 4.78 is 0. The van der Waals surface area contributed by atoms with Crippen LogP contribution in [0, 0.1) is 5.92 Å². The fourth-order valence-corrected chi connectivity index (χ4v) is 3.03. The van der Waals surface area contributed by atoms with Crippen LogP contribution in [-0.4, -0.2) is 24.1 Å². The summed E-state index contributed by atoms with van der Waals surface area (Å²) in [6, 6.07) is 4.94. The summed E-state index contributed by atoms with van der Waals surface area (Å²) in [5.41, 5.74) is 1.34. The molecule has 0 spiro atoms. The Hall–Kier alpha value is -1.09. The van der Waals surface area contributed by atoms with Crippen molar-refractivity contribution in [3.05, 3.63) is 23.9 Å². The number of rotatable bonds is 6. The van der Waals surface area contributed by atoms with Gasteiger partial charge in [0.2, 0.25) is 0 Å². The third-order valence-corrected chi connectivity index (χ3v) is 4.11. The van der Waals surface area contributed by atoms with Crippen LogP contribution in [0.4, 0.5) is 5.82 Å². The van der Waals surface area contributed by atoms with Gasteiger partial charge >= 0.3 is 0 Å². The van der Waals surface area contributed by atoms with E-state index in [2.05, 4.69) is 48.1 Å². The second kappa shape index (κ2) is 7.63. The molecule has 1 fully saturated rings. The molecule has 2 rings (SSSR count). The van der Waals surface area contributed by atoms with Crippen LogP contribution in [0.3, 0.4) is 0 Å². The van der Waals surface area contributed by atoms with Crippen molar-refractivity contribution in [1.29, 1.82) is 0 Å². The van der Waals surface area contributed by atoms with Gasteiger partial charge in [0, 0.05) is 30.9 Å². The lowest BCUT2D eigenvalue weighted by atomic mass is 9.99. The van der Waals surface area contributed by atoms with E-state index in [9.17, 15) is 0 Å². The highest BCUT2D eigenvalue weighted by atomic mass is 15.2. The lowest BCUT2D eigenvalue weighted by Gasteiger charge is -2.37. The summed E-state index contributed by atoms with van der Waals surface area (Å²) in [7, 11) is 0. The molecule has 20 heavy (non-hydrogen) atoms. The molecule has 1 aromatic heterocycles. The molecule has 1 aliphatic heterocycles. The van der Waals surface area contributed by atoms with Crippen LogP contribution in [-0.2, 0) is 6.54 Å². The van der Waals surface area contributed by atoms with E-state index < -0.39 is 0 Å². The van der Waals surface area contributed by atoms with E-state index in [1.54, 1.807) is 0 Å². The minimum absolute atomic E-state index is 0.669. The van der Waals surface area contributed by atoms with Crippen molar-refractivity contribution in [1.82, 2.24) is 10.3 Å². The molecule has 0 bridgehead atoms. The second-order valence-electron chi connectivity index (χ2n) is 6.26. The first kappa shape index (κ1) is 15.3. The van der Waals surface area contributed by atoms with Crippen LogP contribution in [0.25, 0.3) is 0 Å². The molecular formula is C17H29N3. The fraction of sp³-hybridized carbons (Fsp3) is 0.706. The van der Waals surface area contributed by atoms with E-state index in [1.807, 2.05) is 6.20 Å². The average Bonchev–Trinajstić information content (AvgIpc) is 2.47. The van der Waals surface area contributed by atoms with Crippen molar-refractivity contribution in [3.8, 4) is 0 Å². The molecule has 1 saturated heterocycles. The summed E-state index contributed by atoms with van der Waals surface area (Å²) in [5.74, 6) is 1.89. The van der Waals surface area contributed by atoms with Gasteiger partial charge in [0.05, 0.1) is 0 Å². The Labute approximate surface area is 123 Å². The zero-order valence-corrected chi connectivity index (χ0v) is 13.2. The zero-order valence-electron chi connectivity index (χ0n) is 13.2. The van der Waals surface area contributed by atoms with Gasteiger partial charge in [-0.05, 0) is 44.2 Å². The molecule has 1 atom stereocenters. The molecule has 0 radical (unpaired) electrons. The standard InChI is InChI=1S/C17H29N3/c1-4-16-9-5-6-11-20(16)17-15(8-7-10-19-17)13-18-12-14(2)3/h7-8,10,14,16,18H,4-6,9,11-13H2,1-3H3. The van der Waals surface area contributed by atoms with Crippen LogP contribution < -0.4 is 10.2 Å². The third kappa shape index (κ3) is 3.95. The third-order valence-electron chi connectivity index (χ3n) is 4.11. The maximum absolute atomic E-state index is 4.68. The Morgan fingerprint density at radius 1 is 1.40 bits per heavy atom. The number of hydrogen-bond acceptors (Lipinski definition) is 3. The van der Waals surface area contributed by atoms with Gasteiger partial charge in [-0.3, -0.25) is 0 Å². The highest BCUT2D eigenvalue weighted by Crippen LogP contribution is 2.27. The van der Waals surface area contributed by atoms with Crippen LogP contribution in [0.2, 0.25) is 0 Å². The normalized spacial score (nSPS) is 19.6. The molecule has 1 unspecified atom stereocenters. The quantitative estimate of drug-likeness (QED) is 0.860. The van der Waals surface area contributed by atoms with Crippen molar-refractivity contribution in [2.75, 3.05) is 18.0 Å². The Morgan fingerprint density at radius 3 is 3.00 bits per heavy atom. The molecule has 1 aliphatic rings. The van der Waals surface area contributed by atoms with Gasteiger partial charge in [-0.2, -0.15) is 0 Å². The second-order valence-corrected chi connectivity index (χ2v) is 6.26. The molecule has 0 saturated carbocycles. The van der Waals surface area contributed by atoms with Crippen LogP contribution in [0.1, 0.15) is 52.0 Å². The van der Waals surface area contributed by atoms with Crippen molar-refractivity contribution >= 4 is 5.82 Å². The van der Waals surface area contributed by atoms with E-state index in [1.165, 1.54) is 37.1 Å². The van der Waals surface area contributed by atoms with Crippen LogP contribution >= 0.6 is 0 Å².